The second-order valence-corrected chi connectivity index (χ2v) is 8.34. The minimum atomic E-state index is 0. The van der Waals surface area contributed by atoms with E-state index < -0.39 is 0 Å². The first kappa shape index (κ1) is 21.7. The Morgan fingerprint density at radius 2 is 2.23 bits per heavy atom. The van der Waals surface area contributed by atoms with Crippen molar-refractivity contribution in [2.75, 3.05) is 26.2 Å². The van der Waals surface area contributed by atoms with Crippen LogP contribution in [0, 0.1) is 5.92 Å². The standard InChI is InChI=1S/C19H28N4S2.HI/c1-2-20-19(22-12-17-7-10-24-15-17)21-11-16-5-3-8-23(13-16)14-18-6-4-9-25-18;/h4,6-7,9-10,15-16H,2-3,5,8,11-14H2,1H3,(H2,20,21,22);1H. The van der Waals surface area contributed by atoms with E-state index in [4.69, 9.17) is 4.99 Å². The zero-order valence-electron chi connectivity index (χ0n) is 15.3. The van der Waals surface area contributed by atoms with Gasteiger partial charge in [0, 0.05) is 31.1 Å². The van der Waals surface area contributed by atoms with Gasteiger partial charge in [-0.2, -0.15) is 11.3 Å². The van der Waals surface area contributed by atoms with Gasteiger partial charge in [0.15, 0.2) is 5.96 Å². The van der Waals surface area contributed by atoms with Crippen molar-refractivity contribution >= 4 is 52.6 Å². The summed E-state index contributed by atoms with van der Waals surface area (Å²) in [5.74, 6) is 1.63. The molecule has 2 aromatic rings. The number of rotatable bonds is 7. The summed E-state index contributed by atoms with van der Waals surface area (Å²) >= 11 is 3.59. The maximum absolute atomic E-state index is 4.71. The van der Waals surface area contributed by atoms with E-state index in [1.165, 1.54) is 36.4 Å². The number of hydrogen-bond acceptors (Lipinski definition) is 4. The third-order valence-electron chi connectivity index (χ3n) is 4.46. The molecule has 3 rings (SSSR count). The molecule has 1 aliphatic heterocycles. The Balaban J connectivity index is 0.00000243. The largest absolute Gasteiger partial charge is 0.357 e. The number of guanidine groups is 1. The average Bonchev–Trinajstić information content (AvgIpc) is 3.31. The van der Waals surface area contributed by atoms with Crippen LogP contribution < -0.4 is 10.6 Å². The van der Waals surface area contributed by atoms with E-state index in [1.54, 1.807) is 11.3 Å². The smallest absolute Gasteiger partial charge is 0.191 e. The van der Waals surface area contributed by atoms with Gasteiger partial charge >= 0.3 is 0 Å². The normalized spacial score (nSPS) is 18.3. The molecular weight excluding hydrogens is 475 g/mol. The van der Waals surface area contributed by atoms with Crippen molar-refractivity contribution in [3.63, 3.8) is 0 Å². The third-order valence-corrected chi connectivity index (χ3v) is 6.06. The summed E-state index contributed by atoms with van der Waals surface area (Å²) in [5.41, 5.74) is 1.28. The molecule has 0 spiro atoms. The summed E-state index contributed by atoms with van der Waals surface area (Å²) in [6.45, 7) is 8.25. The maximum atomic E-state index is 4.71. The molecule has 4 nitrogen and oxygen atoms in total. The van der Waals surface area contributed by atoms with E-state index in [0.29, 0.717) is 5.92 Å². The lowest BCUT2D eigenvalue weighted by Gasteiger charge is -2.32. The fraction of sp³-hybridized carbons (Fsp3) is 0.526. The van der Waals surface area contributed by atoms with Crippen molar-refractivity contribution < 1.29 is 0 Å². The van der Waals surface area contributed by atoms with Gasteiger partial charge in [-0.1, -0.05) is 6.07 Å². The fourth-order valence-corrected chi connectivity index (χ4v) is 4.63. The molecule has 0 amide bonds. The quantitative estimate of drug-likeness (QED) is 0.334. The Hall–Kier alpha value is -0.640. The molecule has 1 fully saturated rings. The molecule has 0 aromatic carbocycles. The van der Waals surface area contributed by atoms with Gasteiger partial charge in [-0.05, 0) is 66.1 Å². The number of piperidine rings is 1. The first-order valence-corrected chi connectivity index (χ1v) is 10.9. The number of halogens is 1. The van der Waals surface area contributed by atoms with Crippen molar-refractivity contribution in [2.24, 2.45) is 10.9 Å². The maximum Gasteiger partial charge on any atom is 0.191 e. The van der Waals surface area contributed by atoms with E-state index in [9.17, 15) is 0 Å². The average molecular weight is 505 g/mol. The highest BCUT2D eigenvalue weighted by Crippen LogP contribution is 2.20. The lowest BCUT2D eigenvalue weighted by atomic mass is 9.98. The van der Waals surface area contributed by atoms with Crippen LogP contribution in [0.4, 0.5) is 0 Å². The molecule has 144 valence electrons. The minimum absolute atomic E-state index is 0. The summed E-state index contributed by atoms with van der Waals surface area (Å²) in [4.78, 5) is 8.78. The molecule has 0 saturated carbocycles. The molecule has 0 aliphatic carbocycles. The SMILES string of the molecule is CCNC(=NCc1ccsc1)NCC1CCCN(Cc2cccs2)C1.I. The summed E-state index contributed by atoms with van der Waals surface area (Å²) < 4.78 is 0. The van der Waals surface area contributed by atoms with Crippen LogP contribution in [0.5, 0.6) is 0 Å². The number of aliphatic imine (C=N–C) groups is 1. The van der Waals surface area contributed by atoms with Gasteiger partial charge in [0.25, 0.3) is 0 Å². The van der Waals surface area contributed by atoms with Crippen LogP contribution in [0.2, 0.25) is 0 Å². The Bertz CT molecular complexity index is 628. The highest BCUT2D eigenvalue weighted by atomic mass is 127. The van der Waals surface area contributed by atoms with Crippen LogP contribution in [0.3, 0.4) is 0 Å². The summed E-state index contributed by atoms with van der Waals surface area (Å²) in [6, 6.07) is 6.53. The number of hydrogen-bond donors (Lipinski definition) is 2. The minimum Gasteiger partial charge on any atom is -0.357 e. The van der Waals surface area contributed by atoms with Crippen molar-refractivity contribution in [3.8, 4) is 0 Å². The Morgan fingerprint density at radius 3 is 2.96 bits per heavy atom. The van der Waals surface area contributed by atoms with Crippen LogP contribution in [-0.2, 0) is 13.1 Å². The van der Waals surface area contributed by atoms with Crippen LogP contribution in [0.25, 0.3) is 0 Å². The summed E-state index contributed by atoms with van der Waals surface area (Å²) in [5, 5.41) is 13.4. The molecular formula is C19H29IN4S2. The van der Waals surface area contributed by atoms with E-state index in [1.807, 2.05) is 11.3 Å². The summed E-state index contributed by atoms with van der Waals surface area (Å²) in [7, 11) is 0. The van der Waals surface area contributed by atoms with Crippen molar-refractivity contribution in [2.45, 2.75) is 32.9 Å². The van der Waals surface area contributed by atoms with Gasteiger partial charge in [-0.3, -0.25) is 4.90 Å². The zero-order valence-corrected chi connectivity index (χ0v) is 19.3. The predicted octanol–water partition coefficient (Wildman–Crippen LogP) is 4.39. The molecule has 1 aliphatic rings. The van der Waals surface area contributed by atoms with Gasteiger partial charge in [-0.25, -0.2) is 4.99 Å². The number of likely N-dealkylation sites (tertiary alicyclic amines) is 1. The van der Waals surface area contributed by atoms with Crippen LogP contribution in [0.15, 0.2) is 39.3 Å². The Labute approximate surface area is 182 Å². The monoisotopic (exact) mass is 504 g/mol. The highest BCUT2D eigenvalue weighted by Gasteiger charge is 2.20. The van der Waals surface area contributed by atoms with E-state index in [2.05, 4.69) is 56.8 Å². The molecule has 3 heterocycles. The van der Waals surface area contributed by atoms with E-state index in [-0.39, 0.29) is 24.0 Å². The molecule has 26 heavy (non-hydrogen) atoms. The molecule has 1 atom stereocenters. The topological polar surface area (TPSA) is 39.7 Å². The first-order chi connectivity index (χ1) is 12.3. The molecule has 0 radical (unpaired) electrons. The van der Waals surface area contributed by atoms with E-state index in [0.717, 1.165) is 32.1 Å². The summed E-state index contributed by atoms with van der Waals surface area (Å²) in [6.07, 6.45) is 2.60. The van der Waals surface area contributed by atoms with Gasteiger partial charge < -0.3 is 10.6 Å². The fourth-order valence-electron chi connectivity index (χ4n) is 3.22. The van der Waals surface area contributed by atoms with Gasteiger partial charge in [0.2, 0.25) is 0 Å². The van der Waals surface area contributed by atoms with Crippen molar-refractivity contribution in [1.29, 1.82) is 0 Å². The number of nitrogens with zero attached hydrogens (tertiary/aromatic N) is 2. The molecule has 1 unspecified atom stereocenters. The Morgan fingerprint density at radius 1 is 1.31 bits per heavy atom. The second kappa shape index (κ2) is 11.9. The number of thiophene rings is 2. The lowest BCUT2D eigenvalue weighted by molar-refractivity contribution is 0.169. The van der Waals surface area contributed by atoms with Crippen molar-refractivity contribution in [1.82, 2.24) is 15.5 Å². The van der Waals surface area contributed by atoms with Crippen LogP contribution in [0.1, 0.15) is 30.2 Å². The van der Waals surface area contributed by atoms with Crippen molar-refractivity contribution in [3.05, 3.63) is 44.8 Å². The molecule has 2 N–H and O–H groups in total. The third kappa shape index (κ3) is 7.17. The van der Waals surface area contributed by atoms with Gasteiger partial charge in [0.05, 0.1) is 6.54 Å². The van der Waals surface area contributed by atoms with Gasteiger partial charge in [-0.15, -0.1) is 35.3 Å². The second-order valence-electron chi connectivity index (χ2n) is 6.53. The van der Waals surface area contributed by atoms with Crippen LogP contribution >= 0.6 is 46.7 Å². The molecule has 2 aromatic heterocycles. The number of nitrogens with one attached hydrogen (secondary N) is 2. The van der Waals surface area contributed by atoms with E-state index >= 15 is 0 Å². The zero-order chi connectivity index (χ0) is 17.3. The molecule has 7 heteroatoms. The molecule has 1 saturated heterocycles. The lowest BCUT2D eigenvalue weighted by Crippen LogP contribution is -2.44. The predicted molar refractivity (Wildman–Crippen MR) is 125 cm³/mol. The van der Waals surface area contributed by atoms with Crippen LogP contribution in [-0.4, -0.2) is 37.0 Å². The first-order valence-electron chi connectivity index (χ1n) is 9.11. The Kier molecular flexibility index (Phi) is 9.95. The highest BCUT2D eigenvalue weighted by molar-refractivity contribution is 14.0. The molecule has 0 bridgehead atoms. The van der Waals surface area contributed by atoms with Gasteiger partial charge in [0.1, 0.15) is 0 Å².